The van der Waals surface area contributed by atoms with Crippen molar-refractivity contribution in [3.05, 3.63) is 0 Å². The summed E-state index contributed by atoms with van der Waals surface area (Å²) in [6.45, 7) is 2.29. The molecule has 0 bridgehead atoms. The van der Waals surface area contributed by atoms with E-state index in [0.717, 1.165) is 31.1 Å². The third-order valence-electron chi connectivity index (χ3n) is 6.53. The minimum absolute atomic E-state index is 0.0627. The molecule has 2 rings (SSSR count). The SMILES string of the molecule is CCCCCCC[C@H]1CC[C@H](CCCC(=O)OC2CCCCC2)CC1. The highest BCUT2D eigenvalue weighted by molar-refractivity contribution is 5.69. The number of esters is 1. The van der Waals surface area contributed by atoms with Crippen LogP contribution in [0.2, 0.25) is 0 Å². The van der Waals surface area contributed by atoms with Gasteiger partial charge in [-0.15, -0.1) is 0 Å². The van der Waals surface area contributed by atoms with Crippen LogP contribution in [0.25, 0.3) is 0 Å². The van der Waals surface area contributed by atoms with Gasteiger partial charge in [0.25, 0.3) is 0 Å². The average Bonchev–Trinajstić information content (AvgIpc) is 2.63. The summed E-state index contributed by atoms with van der Waals surface area (Å²) in [7, 11) is 0. The van der Waals surface area contributed by atoms with Crippen molar-refractivity contribution in [1.29, 1.82) is 0 Å². The molecular formula is C23H42O2. The Morgan fingerprint density at radius 3 is 2.00 bits per heavy atom. The molecule has 0 aromatic rings. The summed E-state index contributed by atoms with van der Waals surface area (Å²) in [5.41, 5.74) is 0. The maximum atomic E-state index is 12.0. The van der Waals surface area contributed by atoms with Gasteiger partial charge in [-0.3, -0.25) is 4.79 Å². The summed E-state index contributed by atoms with van der Waals surface area (Å²) < 4.78 is 5.63. The molecule has 146 valence electrons. The average molecular weight is 351 g/mol. The molecule has 25 heavy (non-hydrogen) atoms. The number of unbranched alkanes of at least 4 members (excludes halogenated alkanes) is 4. The second-order valence-electron chi connectivity index (χ2n) is 8.73. The molecule has 2 heteroatoms. The van der Waals surface area contributed by atoms with Crippen LogP contribution in [0, 0.1) is 11.8 Å². The smallest absolute Gasteiger partial charge is 0.306 e. The summed E-state index contributed by atoms with van der Waals surface area (Å²) in [4.78, 5) is 12.0. The minimum Gasteiger partial charge on any atom is -0.462 e. The Bertz CT molecular complexity index is 338. The molecule has 0 radical (unpaired) electrons. The van der Waals surface area contributed by atoms with Gasteiger partial charge < -0.3 is 4.74 Å². The first-order chi connectivity index (χ1) is 12.3. The van der Waals surface area contributed by atoms with Gasteiger partial charge in [0, 0.05) is 6.42 Å². The normalized spacial score (nSPS) is 25.0. The fraction of sp³-hybridized carbons (Fsp3) is 0.957. The van der Waals surface area contributed by atoms with Crippen LogP contribution in [0.1, 0.15) is 122 Å². The Balaban J connectivity index is 1.45. The van der Waals surface area contributed by atoms with Crippen molar-refractivity contribution in [3.8, 4) is 0 Å². The predicted molar refractivity (Wildman–Crippen MR) is 106 cm³/mol. The lowest BCUT2D eigenvalue weighted by Crippen LogP contribution is -2.21. The van der Waals surface area contributed by atoms with Gasteiger partial charge in [0.1, 0.15) is 6.10 Å². The van der Waals surface area contributed by atoms with E-state index in [1.54, 1.807) is 0 Å². The van der Waals surface area contributed by atoms with Crippen molar-refractivity contribution in [1.82, 2.24) is 0 Å². The van der Waals surface area contributed by atoms with Gasteiger partial charge >= 0.3 is 5.97 Å². The van der Waals surface area contributed by atoms with Gasteiger partial charge in [-0.25, -0.2) is 0 Å². The number of rotatable bonds is 11. The molecule has 2 aliphatic carbocycles. The summed E-state index contributed by atoms with van der Waals surface area (Å²) in [5.74, 6) is 1.93. The van der Waals surface area contributed by atoms with Crippen LogP contribution in [-0.2, 0) is 9.53 Å². The first-order valence-electron chi connectivity index (χ1n) is 11.5. The van der Waals surface area contributed by atoms with Crippen molar-refractivity contribution in [3.63, 3.8) is 0 Å². The van der Waals surface area contributed by atoms with E-state index in [1.165, 1.54) is 89.9 Å². The third kappa shape index (κ3) is 9.11. The summed E-state index contributed by atoms with van der Waals surface area (Å²) in [6, 6.07) is 0. The molecule has 2 aliphatic rings. The van der Waals surface area contributed by atoms with Crippen molar-refractivity contribution in [2.24, 2.45) is 11.8 Å². The molecule has 0 unspecified atom stereocenters. The van der Waals surface area contributed by atoms with Gasteiger partial charge in [-0.1, -0.05) is 77.6 Å². The van der Waals surface area contributed by atoms with Crippen molar-refractivity contribution in [2.75, 3.05) is 0 Å². The standard InChI is InChI=1S/C23H42O2/c1-2-3-4-5-7-11-20-16-18-21(19-17-20)12-10-15-23(24)25-22-13-8-6-9-14-22/h20-22H,2-19H2,1H3/t20-,21-. The predicted octanol–water partition coefficient (Wildman–Crippen LogP) is 7.20. The third-order valence-corrected chi connectivity index (χ3v) is 6.53. The minimum atomic E-state index is 0.0627. The van der Waals surface area contributed by atoms with E-state index in [9.17, 15) is 4.79 Å². The molecule has 0 N–H and O–H groups in total. The molecule has 0 amide bonds. The van der Waals surface area contributed by atoms with E-state index in [4.69, 9.17) is 4.74 Å². The highest BCUT2D eigenvalue weighted by atomic mass is 16.5. The molecule has 0 aromatic carbocycles. The molecule has 2 nitrogen and oxygen atoms in total. The van der Waals surface area contributed by atoms with E-state index < -0.39 is 0 Å². The number of hydrogen-bond acceptors (Lipinski definition) is 2. The van der Waals surface area contributed by atoms with Crippen molar-refractivity contribution < 1.29 is 9.53 Å². The first-order valence-corrected chi connectivity index (χ1v) is 11.5. The van der Waals surface area contributed by atoms with Crippen molar-refractivity contribution in [2.45, 2.75) is 129 Å². The van der Waals surface area contributed by atoms with Gasteiger partial charge in [0.2, 0.25) is 0 Å². The molecule has 0 saturated heterocycles. The van der Waals surface area contributed by atoms with Gasteiger partial charge in [0.05, 0.1) is 0 Å². The summed E-state index contributed by atoms with van der Waals surface area (Å²) >= 11 is 0. The molecule has 0 heterocycles. The van der Waals surface area contributed by atoms with Crippen molar-refractivity contribution >= 4 is 5.97 Å². The highest BCUT2D eigenvalue weighted by Gasteiger charge is 2.21. The van der Waals surface area contributed by atoms with E-state index in [1.807, 2.05) is 0 Å². The Morgan fingerprint density at radius 1 is 0.760 bits per heavy atom. The zero-order chi connectivity index (χ0) is 17.7. The summed E-state index contributed by atoms with van der Waals surface area (Å²) in [5, 5.41) is 0. The van der Waals surface area contributed by atoms with Crippen LogP contribution in [0.5, 0.6) is 0 Å². The van der Waals surface area contributed by atoms with Crippen LogP contribution in [0.15, 0.2) is 0 Å². The monoisotopic (exact) mass is 350 g/mol. The molecule has 0 aromatic heterocycles. The fourth-order valence-corrected chi connectivity index (χ4v) is 4.81. The molecule has 2 saturated carbocycles. The second-order valence-corrected chi connectivity index (χ2v) is 8.73. The number of carbonyl (C=O) groups is 1. The Hall–Kier alpha value is -0.530. The zero-order valence-corrected chi connectivity index (χ0v) is 16.8. The van der Waals surface area contributed by atoms with Crippen LogP contribution in [0.3, 0.4) is 0 Å². The van der Waals surface area contributed by atoms with E-state index in [0.29, 0.717) is 6.42 Å². The number of ether oxygens (including phenoxy) is 1. The maximum absolute atomic E-state index is 12.0. The maximum Gasteiger partial charge on any atom is 0.306 e. The molecule has 0 aliphatic heterocycles. The van der Waals surface area contributed by atoms with E-state index in [2.05, 4.69) is 6.92 Å². The fourth-order valence-electron chi connectivity index (χ4n) is 4.81. The number of carbonyl (C=O) groups excluding carboxylic acids is 1. The van der Waals surface area contributed by atoms with E-state index in [-0.39, 0.29) is 12.1 Å². The first kappa shape index (κ1) is 20.8. The lowest BCUT2D eigenvalue weighted by Gasteiger charge is -2.28. The Kier molecular flexibility index (Phi) is 10.6. The van der Waals surface area contributed by atoms with Crippen LogP contribution in [-0.4, -0.2) is 12.1 Å². The van der Waals surface area contributed by atoms with Crippen LogP contribution < -0.4 is 0 Å². The largest absolute Gasteiger partial charge is 0.462 e. The van der Waals surface area contributed by atoms with E-state index >= 15 is 0 Å². The Labute approximate surface area is 156 Å². The summed E-state index contributed by atoms with van der Waals surface area (Å²) in [6.07, 6.45) is 23.3. The molecule has 2 fully saturated rings. The number of hydrogen-bond donors (Lipinski definition) is 0. The zero-order valence-electron chi connectivity index (χ0n) is 16.8. The molecular weight excluding hydrogens is 308 g/mol. The molecule has 0 spiro atoms. The Morgan fingerprint density at radius 2 is 1.36 bits per heavy atom. The topological polar surface area (TPSA) is 26.3 Å². The van der Waals surface area contributed by atoms with Gasteiger partial charge in [-0.05, 0) is 50.4 Å². The van der Waals surface area contributed by atoms with Crippen LogP contribution in [0.4, 0.5) is 0 Å². The lowest BCUT2D eigenvalue weighted by molar-refractivity contribution is -0.150. The van der Waals surface area contributed by atoms with Gasteiger partial charge in [0.15, 0.2) is 0 Å². The molecule has 0 atom stereocenters. The highest BCUT2D eigenvalue weighted by Crippen LogP contribution is 2.34. The second kappa shape index (κ2) is 12.8. The van der Waals surface area contributed by atoms with Gasteiger partial charge in [-0.2, -0.15) is 0 Å². The van der Waals surface area contributed by atoms with Crippen LogP contribution >= 0.6 is 0 Å². The lowest BCUT2D eigenvalue weighted by atomic mass is 9.78. The quantitative estimate of drug-likeness (QED) is 0.291.